The van der Waals surface area contributed by atoms with E-state index in [1.54, 1.807) is 18.2 Å². The lowest BCUT2D eigenvalue weighted by Crippen LogP contribution is -2.42. The highest BCUT2D eigenvalue weighted by molar-refractivity contribution is 7.92. The number of nitrogens with zero attached hydrogens (tertiary/aromatic N) is 4. The highest BCUT2D eigenvalue weighted by Gasteiger charge is 2.38. The fourth-order valence-corrected chi connectivity index (χ4v) is 6.48. The van der Waals surface area contributed by atoms with Crippen LogP contribution in [0.5, 0.6) is 5.75 Å². The largest absolute Gasteiger partial charge is 0.491 e. The van der Waals surface area contributed by atoms with Crippen LogP contribution in [0.1, 0.15) is 93.1 Å². The van der Waals surface area contributed by atoms with Gasteiger partial charge < -0.3 is 24.8 Å². The van der Waals surface area contributed by atoms with Gasteiger partial charge in [0.05, 0.1) is 31.3 Å². The number of methoxy groups -OCH3 is 1. The first-order valence-corrected chi connectivity index (χ1v) is 19.2. The first-order valence-electron chi connectivity index (χ1n) is 17.3. The van der Waals surface area contributed by atoms with Crippen molar-refractivity contribution in [2.24, 2.45) is 4.99 Å². The predicted octanol–water partition coefficient (Wildman–Crippen LogP) is 6.33. The molecule has 14 nitrogen and oxygen atoms in total. The van der Waals surface area contributed by atoms with Crippen LogP contribution in [0.4, 0.5) is 22.9 Å². The number of unbranched alkanes of at least 4 members (excludes halogenated alkanes) is 9. The Kier molecular flexibility index (Phi) is 14.4. The molecule has 1 aliphatic rings. The summed E-state index contributed by atoms with van der Waals surface area (Å²) < 4.78 is 38.3. The standard InChI is InChI=1S/C36H48N6O8S/c1-4-5-6-7-8-9-10-11-12-15-22-50-31-19-18-27(40-51(3,47)48)23-29(31)38-34(43)32(35(44)41-21-20-26-16-13-14-17-30(26)41)42-24-28(36(45)46)33(39-42)37-25-49-2/h13-14,16-19,23-25,32,40H,4-12,15,20-22H2,1-3H3,(H,38,43)(H,45,46). The van der Waals surface area contributed by atoms with Crippen LogP contribution in [0.3, 0.4) is 0 Å². The Morgan fingerprint density at radius 2 is 1.71 bits per heavy atom. The van der Waals surface area contributed by atoms with E-state index in [1.165, 1.54) is 62.7 Å². The van der Waals surface area contributed by atoms with Crippen LogP contribution >= 0.6 is 0 Å². The van der Waals surface area contributed by atoms with Crippen molar-refractivity contribution >= 4 is 57.1 Å². The van der Waals surface area contributed by atoms with Gasteiger partial charge in [-0.2, -0.15) is 10.1 Å². The molecule has 4 rings (SSSR count). The Balaban J connectivity index is 1.58. The lowest BCUT2D eigenvalue weighted by atomic mass is 10.1. The van der Waals surface area contributed by atoms with Gasteiger partial charge in [-0.1, -0.05) is 82.9 Å². The Morgan fingerprint density at radius 1 is 1.02 bits per heavy atom. The lowest BCUT2D eigenvalue weighted by Gasteiger charge is -2.24. The second kappa shape index (κ2) is 18.9. The third-order valence-corrected chi connectivity index (χ3v) is 9.03. The third-order valence-electron chi connectivity index (χ3n) is 8.42. The monoisotopic (exact) mass is 724 g/mol. The van der Waals surface area contributed by atoms with Crippen LogP contribution < -0.4 is 19.7 Å². The molecular formula is C36H48N6O8S. The molecule has 1 atom stereocenters. The number of carboxylic acid groups (broad SMARTS) is 1. The Hall–Kier alpha value is -4.92. The fourth-order valence-electron chi connectivity index (χ4n) is 5.93. The Bertz CT molecular complexity index is 1790. The van der Waals surface area contributed by atoms with Crippen molar-refractivity contribution in [3.63, 3.8) is 0 Å². The SMILES string of the molecule is CCCCCCCCCCCCOc1ccc(NS(C)(=O)=O)cc1NC(=O)C(C(=O)N1CCc2ccccc21)n1cc(C(=O)O)c(N=COC)n1. The fraction of sp³-hybridized carbons (Fsp3) is 0.472. The number of amides is 2. The van der Waals surface area contributed by atoms with Crippen molar-refractivity contribution < 1.29 is 37.4 Å². The average molecular weight is 725 g/mol. The summed E-state index contributed by atoms with van der Waals surface area (Å²) in [5, 5.41) is 16.8. The van der Waals surface area contributed by atoms with Gasteiger partial charge in [-0.3, -0.25) is 14.3 Å². The van der Waals surface area contributed by atoms with Gasteiger partial charge in [-0.25, -0.2) is 17.9 Å². The van der Waals surface area contributed by atoms with Crippen molar-refractivity contribution in [1.82, 2.24) is 9.78 Å². The zero-order chi connectivity index (χ0) is 36.8. The van der Waals surface area contributed by atoms with Crippen LogP contribution in [0.25, 0.3) is 0 Å². The molecule has 2 amide bonds. The number of aliphatic imine (C=N–C) groups is 1. The van der Waals surface area contributed by atoms with Gasteiger partial charge in [-0.05, 0) is 42.7 Å². The summed E-state index contributed by atoms with van der Waals surface area (Å²) in [6.45, 7) is 2.86. The summed E-state index contributed by atoms with van der Waals surface area (Å²) in [4.78, 5) is 45.9. The molecule has 1 aliphatic heterocycles. The van der Waals surface area contributed by atoms with E-state index in [-0.39, 0.29) is 28.5 Å². The minimum absolute atomic E-state index is 0.114. The van der Waals surface area contributed by atoms with E-state index < -0.39 is 33.8 Å². The molecule has 0 saturated heterocycles. The zero-order valence-electron chi connectivity index (χ0n) is 29.5. The maximum absolute atomic E-state index is 14.2. The topological polar surface area (TPSA) is 182 Å². The van der Waals surface area contributed by atoms with Crippen LogP contribution in [0.15, 0.2) is 53.7 Å². The van der Waals surface area contributed by atoms with Gasteiger partial charge in [0.15, 0.2) is 12.2 Å². The molecule has 276 valence electrons. The Labute approximate surface area is 299 Å². The molecule has 0 fully saturated rings. The number of benzene rings is 2. The molecule has 2 aromatic carbocycles. The summed E-state index contributed by atoms with van der Waals surface area (Å²) in [6.07, 6.45) is 15.2. The number of carbonyl (C=O) groups excluding carboxylic acids is 2. The summed E-state index contributed by atoms with van der Waals surface area (Å²) in [5.41, 5.74) is 1.48. The molecule has 1 aromatic heterocycles. The number of rotatable bonds is 21. The predicted molar refractivity (Wildman–Crippen MR) is 197 cm³/mol. The molecule has 3 aromatic rings. The summed E-state index contributed by atoms with van der Waals surface area (Å²) in [5.74, 6) is -2.88. The first-order chi connectivity index (χ1) is 24.5. The molecule has 2 heterocycles. The van der Waals surface area contributed by atoms with Crippen LogP contribution in [0.2, 0.25) is 0 Å². The van der Waals surface area contributed by atoms with Gasteiger partial charge in [0.25, 0.3) is 11.8 Å². The van der Waals surface area contributed by atoms with Crippen LogP contribution in [-0.2, 0) is 30.8 Å². The number of hydrogen-bond donors (Lipinski definition) is 3. The van der Waals surface area contributed by atoms with Crippen molar-refractivity contribution in [2.75, 3.05) is 41.5 Å². The van der Waals surface area contributed by atoms with E-state index in [1.807, 2.05) is 12.1 Å². The van der Waals surface area contributed by atoms with Crippen LogP contribution in [-0.4, -0.2) is 74.0 Å². The minimum atomic E-state index is -3.66. The van der Waals surface area contributed by atoms with Crippen molar-refractivity contribution in [2.45, 2.75) is 83.6 Å². The van der Waals surface area contributed by atoms with Gasteiger partial charge in [0, 0.05) is 18.4 Å². The van der Waals surface area contributed by atoms with E-state index >= 15 is 0 Å². The second-order valence-electron chi connectivity index (χ2n) is 12.5. The number of aromatic nitrogens is 2. The molecule has 0 radical (unpaired) electrons. The normalized spacial score (nSPS) is 13.2. The number of carbonyl (C=O) groups is 3. The summed E-state index contributed by atoms with van der Waals surface area (Å²) in [6, 6.07) is 10.1. The smallest absolute Gasteiger partial charge is 0.341 e. The van der Waals surface area contributed by atoms with Gasteiger partial charge in [-0.15, -0.1) is 0 Å². The van der Waals surface area contributed by atoms with Gasteiger partial charge >= 0.3 is 5.97 Å². The first kappa shape index (κ1) is 38.9. The molecule has 1 unspecified atom stereocenters. The number of fused-ring (bicyclic) bond motifs is 1. The molecule has 3 N–H and O–H groups in total. The van der Waals surface area contributed by atoms with E-state index in [9.17, 15) is 27.9 Å². The van der Waals surface area contributed by atoms with Gasteiger partial charge in [0.1, 0.15) is 11.3 Å². The Morgan fingerprint density at radius 3 is 2.37 bits per heavy atom. The molecule has 0 aliphatic carbocycles. The zero-order valence-corrected chi connectivity index (χ0v) is 30.3. The lowest BCUT2D eigenvalue weighted by molar-refractivity contribution is -0.130. The second-order valence-corrected chi connectivity index (χ2v) is 14.2. The molecule has 0 bridgehead atoms. The summed E-state index contributed by atoms with van der Waals surface area (Å²) >= 11 is 0. The minimum Gasteiger partial charge on any atom is -0.491 e. The van der Waals surface area contributed by atoms with E-state index in [0.717, 1.165) is 54.8 Å². The number of aromatic carboxylic acids is 1. The van der Waals surface area contributed by atoms with Crippen molar-refractivity contribution in [1.29, 1.82) is 0 Å². The quantitative estimate of drug-likeness (QED) is 0.0490. The molecule has 0 spiro atoms. The number of sulfonamides is 1. The van der Waals surface area contributed by atoms with Crippen LogP contribution in [0, 0.1) is 0 Å². The van der Waals surface area contributed by atoms with E-state index in [4.69, 9.17) is 9.47 Å². The number of ether oxygens (including phenoxy) is 2. The number of anilines is 3. The number of carboxylic acids is 1. The highest BCUT2D eigenvalue weighted by atomic mass is 32.2. The average Bonchev–Trinajstić information content (AvgIpc) is 3.71. The number of para-hydroxylation sites is 1. The van der Waals surface area contributed by atoms with E-state index in [0.29, 0.717) is 25.3 Å². The number of nitrogens with one attached hydrogen (secondary N) is 2. The maximum atomic E-state index is 14.2. The third kappa shape index (κ3) is 11.3. The molecule has 0 saturated carbocycles. The highest BCUT2D eigenvalue weighted by Crippen LogP contribution is 2.33. The number of hydrogen-bond acceptors (Lipinski definition) is 9. The molecular weight excluding hydrogens is 676 g/mol. The summed E-state index contributed by atoms with van der Waals surface area (Å²) in [7, 11) is -2.33. The van der Waals surface area contributed by atoms with Crippen molar-refractivity contribution in [3.8, 4) is 5.75 Å². The van der Waals surface area contributed by atoms with Crippen molar-refractivity contribution in [3.05, 3.63) is 59.8 Å². The molecule has 51 heavy (non-hydrogen) atoms. The van der Waals surface area contributed by atoms with E-state index in [2.05, 4.69) is 27.1 Å². The molecule has 15 heteroatoms. The van der Waals surface area contributed by atoms with Gasteiger partial charge in [0.2, 0.25) is 16.1 Å². The maximum Gasteiger partial charge on any atom is 0.341 e.